The normalized spacial score (nSPS) is 16.9. The Morgan fingerprint density at radius 1 is 1.30 bits per heavy atom. The minimum absolute atomic E-state index is 0.136. The fourth-order valence-electron chi connectivity index (χ4n) is 2.65. The van der Waals surface area contributed by atoms with E-state index < -0.39 is 0 Å². The summed E-state index contributed by atoms with van der Waals surface area (Å²) in [5, 5.41) is 14.6. The molecule has 2 aromatic rings. The van der Waals surface area contributed by atoms with E-state index >= 15 is 0 Å². The highest BCUT2D eigenvalue weighted by Crippen LogP contribution is 2.35. The molecule has 0 aliphatic heterocycles. The van der Waals surface area contributed by atoms with Crippen molar-refractivity contribution in [3.8, 4) is 0 Å². The number of thioether (sulfide) groups is 1. The topological polar surface area (TPSA) is 71.5 Å². The Morgan fingerprint density at radius 2 is 2.05 bits per heavy atom. The van der Waals surface area contributed by atoms with Gasteiger partial charge in [-0.2, -0.15) is 0 Å². The third-order valence-electron chi connectivity index (χ3n) is 3.67. The molecule has 1 aliphatic rings. The molecule has 0 saturated heterocycles. The molecule has 0 amide bonds. The number of para-hydroxylation sites is 1. The molecule has 0 unspecified atom stereocenters. The van der Waals surface area contributed by atoms with E-state index in [9.17, 15) is 0 Å². The molecule has 1 heterocycles. The predicted octanol–water partition coefficient (Wildman–Crippen LogP) is 3.36. The Labute approximate surface area is 122 Å². The van der Waals surface area contributed by atoms with Crippen LogP contribution < -0.4 is 5.73 Å². The molecule has 5 heteroatoms. The molecule has 0 spiro atoms. The molecule has 1 aromatic heterocycles. The number of pyridine rings is 1. The zero-order valence-corrected chi connectivity index (χ0v) is 11.9. The fraction of sp³-hybridized carbons (Fsp3) is 0.333. The summed E-state index contributed by atoms with van der Waals surface area (Å²) < 4.78 is 0. The number of hydrogen-bond donors (Lipinski definition) is 2. The van der Waals surface area contributed by atoms with Gasteiger partial charge in [0.2, 0.25) is 0 Å². The fourth-order valence-corrected chi connectivity index (χ4v) is 3.90. The van der Waals surface area contributed by atoms with E-state index in [0.29, 0.717) is 5.25 Å². The van der Waals surface area contributed by atoms with Crippen LogP contribution >= 0.6 is 11.8 Å². The average Bonchev–Trinajstić information content (AvgIpc) is 2.98. The molecule has 104 valence electrons. The van der Waals surface area contributed by atoms with Crippen LogP contribution in [0.25, 0.3) is 10.9 Å². The van der Waals surface area contributed by atoms with Crippen molar-refractivity contribution in [2.24, 2.45) is 10.9 Å². The molecule has 3 N–H and O–H groups in total. The number of nitrogens with zero attached hydrogens (tertiary/aromatic N) is 2. The monoisotopic (exact) mass is 287 g/mol. The minimum atomic E-state index is 0.136. The summed E-state index contributed by atoms with van der Waals surface area (Å²) in [6, 6.07) is 9.72. The molecule has 0 atom stereocenters. The summed E-state index contributed by atoms with van der Waals surface area (Å²) in [6.45, 7) is 0. The average molecular weight is 287 g/mol. The van der Waals surface area contributed by atoms with Crippen molar-refractivity contribution >= 4 is 28.5 Å². The molecule has 0 radical (unpaired) electrons. The van der Waals surface area contributed by atoms with Gasteiger partial charge in [-0.1, -0.05) is 36.2 Å². The lowest BCUT2D eigenvalue weighted by atomic mass is 10.1. The summed E-state index contributed by atoms with van der Waals surface area (Å²) >= 11 is 1.80. The van der Waals surface area contributed by atoms with Gasteiger partial charge in [0, 0.05) is 16.2 Å². The standard InChI is InChI=1S/C15H17N3OS/c16-15(18-19)12-9-14(20-10-5-1-2-6-10)17-13-8-4-3-7-11(12)13/h3-4,7-10,19H,1-2,5-6H2,(H2,16,18). The van der Waals surface area contributed by atoms with E-state index in [1.807, 2.05) is 30.3 Å². The molecule has 20 heavy (non-hydrogen) atoms. The second-order valence-electron chi connectivity index (χ2n) is 5.03. The van der Waals surface area contributed by atoms with Crippen LogP contribution in [0.4, 0.5) is 0 Å². The van der Waals surface area contributed by atoms with Crippen molar-refractivity contribution in [3.63, 3.8) is 0 Å². The maximum atomic E-state index is 8.96. The van der Waals surface area contributed by atoms with Crippen molar-refractivity contribution in [2.45, 2.75) is 36.0 Å². The summed E-state index contributed by atoms with van der Waals surface area (Å²) in [5.41, 5.74) is 7.44. The maximum Gasteiger partial charge on any atom is 0.170 e. The SMILES string of the molecule is NC(=NO)c1cc(SC2CCCC2)nc2ccccc12. The molecular weight excluding hydrogens is 270 g/mol. The van der Waals surface area contributed by atoms with Gasteiger partial charge in [0.05, 0.1) is 10.5 Å². The first-order valence-corrected chi connectivity index (χ1v) is 7.70. The summed E-state index contributed by atoms with van der Waals surface area (Å²) in [7, 11) is 0. The van der Waals surface area contributed by atoms with Crippen LogP contribution in [0.5, 0.6) is 0 Å². The van der Waals surface area contributed by atoms with E-state index in [0.717, 1.165) is 21.5 Å². The summed E-state index contributed by atoms with van der Waals surface area (Å²) in [4.78, 5) is 4.69. The van der Waals surface area contributed by atoms with E-state index in [4.69, 9.17) is 10.9 Å². The lowest BCUT2D eigenvalue weighted by molar-refractivity contribution is 0.318. The minimum Gasteiger partial charge on any atom is -0.409 e. The van der Waals surface area contributed by atoms with Crippen molar-refractivity contribution in [2.75, 3.05) is 0 Å². The van der Waals surface area contributed by atoms with Crippen LogP contribution in [-0.2, 0) is 0 Å². The Morgan fingerprint density at radius 3 is 2.80 bits per heavy atom. The van der Waals surface area contributed by atoms with Gasteiger partial charge in [-0.25, -0.2) is 4.98 Å². The van der Waals surface area contributed by atoms with Crippen LogP contribution in [0.15, 0.2) is 40.5 Å². The third-order valence-corrected chi connectivity index (χ3v) is 4.92. The first kappa shape index (κ1) is 13.2. The highest BCUT2D eigenvalue weighted by atomic mass is 32.2. The largest absolute Gasteiger partial charge is 0.409 e. The van der Waals surface area contributed by atoms with E-state index in [1.165, 1.54) is 25.7 Å². The maximum absolute atomic E-state index is 8.96. The van der Waals surface area contributed by atoms with Gasteiger partial charge in [0.15, 0.2) is 5.84 Å². The van der Waals surface area contributed by atoms with Crippen LogP contribution in [0.2, 0.25) is 0 Å². The second kappa shape index (κ2) is 5.71. The molecule has 1 saturated carbocycles. The van der Waals surface area contributed by atoms with Gasteiger partial charge < -0.3 is 10.9 Å². The highest BCUT2D eigenvalue weighted by Gasteiger charge is 2.18. The van der Waals surface area contributed by atoms with Crippen molar-refractivity contribution in [3.05, 3.63) is 35.9 Å². The Hall–Kier alpha value is -1.75. The molecule has 1 aromatic carbocycles. The number of fused-ring (bicyclic) bond motifs is 1. The quantitative estimate of drug-likeness (QED) is 0.393. The number of aromatic nitrogens is 1. The lowest BCUT2D eigenvalue weighted by Gasteiger charge is -2.11. The zero-order chi connectivity index (χ0) is 13.9. The summed E-state index contributed by atoms with van der Waals surface area (Å²) in [6.07, 6.45) is 5.10. The van der Waals surface area contributed by atoms with Gasteiger partial charge in [-0.15, -0.1) is 11.8 Å². The highest BCUT2D eigenvalue weighted by molar-refractivity contribution is 7.99. The molecule has 4 nitrogen and oxygen atoms in total. The summed E-state index contributed by atoms with van der Waals surface area (Å²) in [5.74, 6) is 0.136. The Balaban J connectivity index is 2.04. The number of benzene rings is 1. The number of hydrogen-bond acceptors (Lipinski definition) is 4. The van der Waals surface area contributed by atoms with Crippen molar-refractivity contribution < 1.29 is 5.21 Å². The molecule has 0 bridgehead atoms. The lowest BCUT2D eigenvalue weighted by Crippen LogP contribution is -2.14. The van der Waals surface area contributed by atoms with E-state index in [1.54, 1.807) is 11.8 Å². The Kier molecular flexibility index (Phi) is 3.78. The Bertz CT molecular complexity index is 651. The van der Waals surface area contributed by atoms with Gasteiger partial charge in [0.1, 0.15) is 0 Å². The third kappa shape index (κ3) is 2.58. The predicted molar refractivity (Wildman–Crippen MR) is 82.4 cm³/mol. The first-order chi connectivity index (χ1) is 9.78. The van der Waals surface area contributed by atoms with Crippen LogP contribution in [-0.4, -0.2) is 21.3 Å². The van der Waals surface area contributed by atoms with E-state index in [2.05, 4.69) is 10.1 Å². The molecule has 1 fully saturated rings. The van der Waals surface area contributed by atoms with Crippen molar-refractivity contribution in [1.82, 2.24) is 4.98 Å². The van der Waals surface area contributed by atoms with Gasteiger partial charge in [0.25, 0.3) is 0 Å². The van der Waals surface area contributed by atoms with Gasteiger partial charge in [-0.3, -0.25) is 0 Å². The van der Waals surface area contributed by atoms with Gasteiger partial charge in [-0.05, 0) is 25.0 Å². The van der Waals surface area contributed by atoms with Gasteiger partial charge >= 0.3 is 0 Å². The number of rotatable bonds is 3. The number of amidine groups is 1. The molecular formula is C15H17N3OS. The second-order valence-corrected chi connectivity index (χ2v) is 6.36. The molecule has 3 rings (SSSR count). The first-order valence-electron chi connectivity index (χ1n) is 6.82. The van der Waals surface area contributed by atoms with Crippen LogP contribution in [0, 0.1) is 0 Å². The number of nitrogens with two attached hydrogens (primary N) is 1. The molecule has 1 aliphatic carbocycles. The zero-order valence-electron chi connectivity index (χ0n) is 11.1. The van der Waals surface area contributed by atoms with Crippen LogP contribution in [0.3, 0.4) is 0 Å². The number of oxime groups is 1. The van der Waals surface area contributed by atoms with Crippen molar-refractivity contribution in [1.29, 1.82) is 0 Å². The van der Waals surface area contributed by atoms with E-state index in [-0.39, 0.29) is 5.84 Å². The smallest absolute Gasteiger partial charge is 0.170 e. The van der Waals surface area contributed by atoms with Crippen LogP contribution in [0.1, 0.15) is 31.2 Å².